The summed E-state index contributed by atoms with van der Waals surface area (Å²) in [6, 6.07) is 44.0. The summed E-state index contributed by atoms with van der Waals surface area (Å²) in [7, 11) is 0. The number of carbonyl (C=O) groups excluding carboxylic acids is 2. The largest absolute Gasteiger partial charge is 0.431 e. The van der Waals surface area contributed by atoms with Crippen LogP contribution in [-0.2, 0) is 32.2 Å². The van der Waals surface area contributed by atoms with Gasteiger partial charge in [0.05, 0.1) is 18.8 Å². The van der Waals surface area contributed by atoms with Gasteiger partial charge in [0.25, 0.3) is 5.22 Å². The number of nitrogens with one attached hydrogen (secondary N) is 2. The van der Waals surface area contributed by atoms with Gasteiger partial charge in [-0.3, -0.25) is 14.8 Å². The Bertz CT molecular complexity index is 2160. The summed E-state index contributed by atoms with van der Waals surface area (Å²) in [4.78, 5) is 28.7. The monoisotopic (exact) mass is 783 g/mol. The van der Waals surface area contributed by atoms with Crippen LogP contribution in [0.3, 0.4) is 0 Å². The number of aliphatic hydroxyl groups excluding tert-OH is 1. The van der Waals surface area contributed by atoms with E-state index < -0.39 is 12.2 Å². The van der Waals surface area contributed by atoms with Gasteiger partial charge < -0.3 is 24.3 Å². The molecule has 1 saturated heterocycles. The Balaban J connectivity index is 1.06. The van der Waals surface area contributed by atoms with Crippen molar-refractivity contribution >= 4 is 23.6 Å². The summed E-state index contributed by atoms with van der Waals surface area (Å²) in [5.41, 5.74) is 10.0. The number of amides is 2. The van der Waals surface area contributed by atoms with Gasteiger partial charge in [-0.25, -0.2) is 10.5 Å². The van der Waals surface area contributed by atoms with Gasteiger partial charge in [-0.2, -0.15) is 0 Å². The molecule has 2 heterocycles. The number of thioether (sulfide) groups is 1. The van der Waals surface area contributed by atoms with Crippen molar-refractivity contribution in [2.75, 3.05) is 5.75 Å². The third kappa shape index (κ3) is 10.4. The molecule has 292 valence electrons. The minimum atomic E-state index is -0.636. The minimum absolute atomic E-state index is 0.0296. The number of aliphatic hydroxyl groups is 1. The van der Waals surface area contributed by atoms with E-state index in [0.29, 0.717) is 43.2 Å². The molecule has 6 aromatic rings. The zero-order chi connectivity index (χ0) is 39.4. The summed E-state index contributed by atoms with van der Waals surface area (Å²) in [5, 5.41) is 21.9. The number of carbonyl (C=O) groups is 2. The molecule has 4 N–H and O–H groups in total. The normalized spacial score (nSPS) is 16.6. The fourth-order valence-electron chi connectivity index (χ4n) is 6.81. The van der Waals surface area contributed by atoms with Crippen LogP contribution in [0.15, 0.2) is 143 Å². The van der Waals surface area contributed by atoms with Crippen molar-refractivity contribution in [2.45, 2.75) is 69.0 Å². The van der Waals surface area contributed by atoms with Crippen LogP contribution in [-0.4, -0.2) is 39.0 Å². The number of nitrogens with zero attached hydrogens (tertiary/aromatic N) is 1. The van der Waals surface area contributed by atoms with Crippen LogP contribution in [0, 0.1) is 0 Å². The van der Waals surface area contributed by atoms with E-state index in [1.165, 1.54) is 11.8 Å². The van der Waals surface area contributed by atoms with Crippen LogP contribution >= 0.6 is 11.8 Å². The molecule has 3 unspecified atom stereocenters. The highest BCUT2D eigenvalue weighted by molar-refractivity contribution is 7.99. The lowest BCUT2D eigenvalue weighted by atomic mass is 9.97. The third-order valence-corrected chi connectivity index (χ3v) is 10.8. The zero-order valence-electron chi connectivity index (χ0n) is 31.4. The number of hydrogen-bond donors (Lipinski definition) is 4. The van der Waals surface area contributed by atoms with E-state index in [4.69, 9.17) is 24.1 Å². The molecule has 11 heteroatoms. The Morgan fingerprint density at radius 1 is 0.719 bits per heavy atom. The lowest BCUT2D eigenvalue weighted by molar-refractivity contribution is -0.245. The van der Waals surface area contributed by atoms with E-state index in [0.717, 1.165) is 56.0 Å². The smallest absolute Gasteiger partial charge is 0.256 e. The molecule has 2 amide bonds. The molecule has 1 aliphatic heterocycles. The maximum atomic E-state index is 12.5. The fraction of sp³-hybridized carbons (Fsp3) is 0.239. The Kier molecular flexibility index (Phi) is 13.6. The van der Waals surface area contributed by atoms with Crippen molar-refractivity contribution in [3.8, 4) is 33.7 Å². The molecule has 3 atom stereocenters. The van der Waals surface area contributed by atoms with Crippen molar-refractivity contribution in [2.24, 2.45) is 0 Å². The first-order valence-electron chi connectivity index (χ1n) is 19.1. The van der Waals surface area contributed by atoms with Gasteiger partial charge in [-0.1, -0.05) is 145 Å². The van der Waals surface area contributed by atoms with E-state index >= 15 is 0 Å². The number of hydrogen-bond acceptors (Lipinski definition) is 9. The highest BCUT2D eigenvalue weighted by Crippen LogP contribution is 2.41. The second kappa shape index (κ2) is 19.5. The van der Waals surface area contributed by atoms with Crippen molar-refractivity contribution in [3.63, 3.8) is 0 Å². The molecule has 1 aromatic heterocycles. The molecule has 0 spiro atoms. The minimum Gasteiger partial charge on any atom is -0.431 e. The van der Waals surface area contributed by atoms with Crippen molar-refractivity contribution in [1.29, 1.82) is 0 Å². The maximum Gasteiger partial charge on any atom is 0.256 e. The van der Waals surface area contributed by atoms with Gasteiger partial charge >= 0.3 is 0 Å². The molecular weight excluding hydrogens is 739 g/mol. The first kappa shape index (κ1) is 39.7. The van der Waals surface area contributed by atoms with Crippen LogP contribution in [0.5, 0.6) is 0 Å². The number of oxazole rings is 1. The highest BCUT2D eigenvalue weighted by atomic mass is 32.2. The zero-order valence-corrected chi connectivity index (χ0v) is 32.2. The van der Waals surface area contributed by atoms with E-state index in [9.17, 15) is 14.7 Å². The van der Waals surface area contributed by atoms with E-state index in [1.807, 2.05) is 133 Å². The SMILES string of the molecule is O=C(CCCCC(=O)NCc1ccccc1-c1ccc(C2OC(CSc3nc(-c4ccccc4)c(-c4ccccc4)o3)CC(c3ccc(CO)cc3)O2)cc1)NO. The van der Waals surface area contributed by atoms with Crippen LogP contribution < -0.4 is 10.8 Å². The highest BCUT2D eigenvalue weighted by Gasteiger charge is 2.33. The average Bonchev–Trinajstić information content (AvgIpc) is 3.71. The Hall–Kier alpha value is -5.56. The first-order chi connectivity index (χ1) is 28.0. The second-order valence-electron chi connectivity index (χ2n) is 13.8. The second-order valence-corrected chi connectivity index (χ2v) is 14.8. The van der Waals surface area contributed by atoms with Crippen LogP contribution in [0.2, 0.25) is 0 Å². The quantitative estimate of drug-likeness (QED) is 0.0327. The molecule has 1 fully saturated rings. The van der Waals surface area contributed by atoms with Gasteiger partial charge in [-0.05, 0) is 40.7 Å². The molecule has 0 radical (unpaired) electrons. The Labute approximate surface area is 336 Å². The molecule has 10 nitrogen and oxygen atoms in total. The van der Waals surface area contributed by atoms with E-state index in [-0.39, 0.29) is 31.1 Å². The third-order valence-electron chi connectivity index (χ3n) is 9.87. The van der Waals surface area contributed by atoms with Gasteiger partial charge in [0, 0.05) is 48.3 Å². The van der Waals surface area contributed by atoms with Gasteiger partial charge in [-0.15, -0.1) is 0 Å². The number of rotatable bonds is 16. The topological polar surface area (TPSA) is 143 Å². The number of aromatic nitrogens is 1. The number of hydroxylamine groups is 1. The van der Waals surface area contributed by atoms with E-state index in [1.54, 1.807) is 5.48 Å². The fourth-order valence-corrected chi connectivity index (χ4v) is 7.65. The molecule has 0 bridgehead atoms. The lowest BCUT2D eigenvalue weighted by Gasteiger charge is -2.36. The number of benzene rings is 5. The average molecular weight is 784 g/mol. The first-order valence-corrected chi connectivity index (χ1v) is 20.1. The Morgan fingerprint density at radius 3 is 2.07 bits per heavy atom. The van der Waals surface area contributed by atoms with Gasteiger partial charge in [0.2, 0.25) is 11.8 Å². The summed E-state index contributed by atoms with van der Waals surface area (Å²) < 4.78 is 19.7. The molecule has 0 aliphatic carbocycles. The van der Waals surface area contributed by atoms with Crippen molar-refractivity contribution in [1.82, 2.24) is 15.8 Å². The predicted octanol–water partition coefficient (Wildman–Crippen LogP) is 9.19. The molecule has 57 heavy (non-hydrogen) atoms. The Morgan fingerprint density at radius 2 is 1.37 bits per heavy atom. The summed E-state index contributed by atoms with van der Waals surface area (Å²) >= 11 is 1.52. The molecule has 0 saturated carbocycles. The summed E-state index contributed by atoms with van der Waals surface area (Å²) in [5.74, 6) is 0.759. The number of unbranched alkanes of at least 4 members (excludes halogenated alkanes) is 1. The maximum absolute atomic E-state index is 12.5. The molecular formula is C46H45N3O7S. The van der Waals surface area contributed by atoms with Gasteiger partial charge in [0.15, 0.2) is 12.1 Å². The molecule has 5 aromatic carbocycles. The standard InChI is InChI=1S/C46H45N3O7S/c50-29-31-19-21-33(22-20-31)40-27-38(30-57-46-48-43(34-11-3-1-4-12-34)44(56-46)35-13-5-2-6-14-35)54-45(55-40)36-25-23-32(24-26-36)39-16-8-7-15-37(39)28-47-41(51)17-9-10-18-42(52)49-53/h1-8,11-16,19-26,38,40,45,50,53H,9-10,17-18,27-30H2,(H,47,51)(H,49,52). The summed E-state index contributed by atoms with van der Waals surface area (Å²) in [6.07, 6.45) is 1.07. The number of ether oxygens (including phenoxy) is 2. The molecule has 7 rings (SSSR count). The van der Waals surface area contributed by atoms with Gasteiger partial charge in [0.1, 0.15) is 5.69 Å². The van der Waals surface area contributed by atoms with E-state index in [2.05, 4.69) is 5.32 Å². The van der Waals surface area contributed by atoms with Crippen LogP contribution in [0.25, 0.3) is 33.7 Å². The molecule has 1 aliphatic rings. The summed E-state index contributed by atoms with van der Waals surface area (Å²) in [6.45, 7) is 0.334. The van der Waals surface area contributed by atoms with Crippen LogP contribution in [0.4, 0.5) is 0 Å². The van der Waals surface area contributed by atoms with Crippen molar-refractivity contribution < 1.29 is 33.8 Å². The van der Waals surface area contributed by atoms with Crippen LogP contribution in [0.1, 0.15) is 66.8 Å². The van der Waals surface area contributed by atoms with Crippen molar-refractivity contribution in [3.05, 3.63) is 156 Å². The predicted molar refractivity (Wildman–Crippen MR) is 219 cm³/mol. The lowest BCUT2D eigenvalue weighted by Crippen LogP contribution is -2.31.